The van der Waals surface area contributed by atoms with Gasteiger partial charge in [-0.05, 0) is 158 Å². The topological polar surface area (TPSA) is 165 Å². The van der Waals surface area contributed by atoms with Crippen LogP contribution in [0.4, 0.5) is 4.39 Å². The number of hydrogen-bond acceptors (Lipinski definition) is 7. The minimum absolute atomic E-state index is 0.00165. The van der Waals surface area contributed by atoms with E-state index < -0.39 is 17.9 Å². The Balaban J connectivity index is 0.000000141. The summed E-state index contributed by atoms with van der Waals surface area (Å²) in [6, 6.07) is 28.8. The SMILES string of the molecule is O=C(O)c1nn(-c2ccc(Cl)cc2Cl)c2c1CCC/C2=C\c1ccc(Cl)cc1.O=C(O)c1nn(-c2ccc(Cl)cc2Cl)c2c1CCCC2.O=C(O)c1nn(-c2ccc(Cl)cc2Cl)c2c1CSC/C2=C\c1ccc(F)cc1. The molecule has 76 heavy (non-hydrogen) atoms. The lowest BCUT2D eigenvalue weighted by molar-refractivity contribution is 0.0678. The third-order valence-corrected chi connectivity index (χ3v) is 15.4. The number of fused-ring (bicyclic) bond motifs is 3. The van der Waals surface area contributed by atoms with Gasteiger partial charge in [-0.1, -0.05) is 105 Å². The van der Waals surface area contributed by atoms with E-state index in [1.807, 2.05) is 36.4 Å². The van der Waals surface area contributed by atoms with E-state index in [0.29, 0.717) is 81.4 Å². The highest BCUT2D eigenvalue weighted by Crippen LogP contribution is 2.40. The Bertz CT molecular complexity index is 3470. The van der Waals surface area contributed by atoms with Crippen LogP contribution >= 0.6 is 93.0 Å². The molecule has 0 fully saturated rings. The molecule has 1 aliphatic heterocycles. The molecule has 12 nitrogen and oxygen atoms in total. The van der Waals surface area contributed by atoms with Gasteiger partial charge in [0.1, 0.15) is 5.82 Å². The molecule has 8 aromatic rings. The highest BCUT2D eigenvalue weighted by molar-refractivity contribution is 7.99. The second-order valence-corrected chi connectivity index (χ2v) is 21.5. The molecule has 11 rings (SSSR count). The molecule has 21 heteroatoms. The molecule has 4 heterocycles. The van der Waals surface area contributed by atoms with Gasteiger partial charge >= 0.3 is 17.9 Å². The van der Waals surface area contributed by atoms with Crippen LogP contribution in [0, 0.1) is 5.82 Å². The minimum Gasteiger partial charge on any atom is -0.476 e. The fourth-order valence-electron chi connectivity index (χ4n) is 9.23. The monoisotopic (exact) mass is 1180 g/mol. The van der Waals surface area contributed by atoms with Gasteiger partial charge in [0, 0.05) is 54.0 Å². The summed E-state index contributed by atoms with van der Waals surface area (Å²) in [5, 5.41) is 45.0. The first kappa shape index (κ1) is 54.7. The average molecular weight is 1180 g/mol. The van der Waals surface area contributed by atoms with Crippen LogP contribution in [0.5, 0.6) is 0 Å². The Morgan fingerprint density at radius 3 is 1.42 bits per heavy atom. The van der Waals surface area contributed by atoms with Crippen molar-refractivity contribution in [1.29, 1.82) is 0 Å². The Hall–Kier alpha value is -6.07. The molecule has 0 bridgehead atoms. The molecular formula is C55H40Cl7FN6O6S. The summed E-state index contributed by atoms with van der Waals surface area (Å²) >= 11 is 44.5. The van der Waals surface area contributed by atoms with E-state index in [1.165, 1.54) is 12.1 Å². The molecule has 3 N–H and O–H groups in total. The molecule has 0 unspecified atom stereocenters. The van der Waals surface area contributed by atoms with E-state index in [2.05, 4.69) is 15.3 Å². The quantitative estimate of drug-likeness (QED) is 0.133. The van der Waals surface area contributed by atoms with Crippen LogP contribution in [0.25, 0.3) is 40.4 Å². The minimum atomic E-state index is -1.09. The molecule has 3 aliphatic rings. The number of rotatable bonds is 8. The number of thioether (sulfide) groups is 1. The van der Waals surface area contributed by atoms with Crippen molar-refractivity contribution in [3.8, 4) is 17.1 Å². The van der Waals surface area contributed by atoms with Gasteiger partial charge in [-0.3, -0.25) is 0 Å². The Morgan fingerprint density at radius 1 is 0.474 bits per heavy atom. The van der Waals surface area contributed by atoms with Crippen molar-refractivity contribution in [3.05, 3.63) is 206 Å². The Labute approximate surface area is 473 Å². The summed E-state index contributed by atoms with van der Waals surface area (Å²) in [5.41, 5.74) is 10.3. The van der Waals surface area contributed by atoms with E-state index in [1.54, 1.807) is 92.5 Å². The van der Waals surface area contributed by atoms with Crippen LogP contribution in [0.2, 0.25) is 35.2 Å². The predicted molar refractivity (Wildman–Crippen MR) is 301 cm³/mol. The van der Waals surface area contributed by atoms with Gasteiger partial charge in [0.2, 0.25) is 0 Å². The van der Waals surface area contributed by atoms with Crippen molar-refractivity contribution >= 4 is 134 Å². The molecular weight excluding hydrogens is 1140 g/mol. The van der Waals surface area contributed by atoms with Crippen molar-refractivity contribution in [3.63, 3.8) is 0 Å². The number of aromatic nitrogens is 6. The van der Waals surface area contributed by atoms with Gasteiger partial charge in [0.05, 0.1) is 43.5 Å². The van der Waals surface area contributed by atoms with Crippen molar-refractivity contribution < 1.29 is 34.1 Å². The lowest BCUT2D eigenvalue weighted by Gasteiger charge is -2.19. The predicted octanol–water partition coefficient (Wildman–Crippen LogP) is 16.0. The second kappa shape index (κ2) is 23.7. The summed E-state index contributed by atoms with van der Waals surface area (Å²) in [6.45, 7) is 0. The molecule has 0 radical (unpaired) electrons. The molecule has 0 spiro atoms. The number of carboxylic acid groups (broad SMARTS) is 3. The number of carboxylic acids is 3. The number of aromatic carboxylic acids is 3. The van der Waals surface area contributed by atoms with E-state index in [-0.39, 0.29) is 22.9 Å². The smallest absolute Gasteiger partial charge is 0.356 e. The lowest BCUT2D eigenvalue weighted by Crippen LogP contribution is -2.08. The maximum Gasteiger partial charge on any atom is 0.356 e. The van der Waals surface area contributed by atoms with E-state index in [0.717, 1.165) is 83.3 Å². The van der Waals surface area contributed by atoms with Crippen LogP contribution in [0.1, 0.15) is 102 Å². The molecule has 0 atom stereocenters. The zero-order valence-electron chi connectivity index (χ0n) is 39.5. The zero-order chi connectivity index (χ0) is 53.9. The number of allylic oxidation sites excluding steroid dienone is 1. The molecule has 5 aromatic carbocycles. The van der Waals surface area contributed by atoms with Crippen molar-refractivity contribution in [1.82, 2.24) is 29.3 Å². The number of hydrogen-bond donors (Lipinski definition) is 3. The summed E-state index contributed by atoms with van der Waals surface area (Å²) in [4.78, 5) is 34.9. The van der Waals surface area contributed by atoms with Crippen LogP contribution in [-0.4, -0.2) is 68.3 Å². The van der Waals surface area contributed by atoms with E-state index in [9.17, 15) is 34.1 Å². The maximum atomic E-state index is 13.2. The van der Waals surface area contributed by atoms with E-state index in [4.69, 9.17) is 81.2 Å². The second-order valence-electron chi connectivity index (χ2n) is 17.6. The number of benzene rings is 5. The lowest BCUT2D eigenvalue weighted by atomic mass is 9.90. The molecule has 0 saturated heterocycles. The first-order valence-electron chi connectivity index (χ1n) is 23.4. The van der Waals surface area contributed by atoms with Gasteiger partial charge in [0.25, 0.3) is 0 Å². The largest absolute Gasteiger partial charge is 0.476 e. The van der Waals surface area contributed by atoms with Crippen LogP contribution < -0.4 is 0 Å². The maximum absolute atomic E-state index is 13.2. The average Bonchev–Trinajstić information content (AvgIpc) is 4.13. The van der Waals surface area contributed by atoms with Gasteiger partial charge in [-0.2, -0.15) is 27.1 Å². The highest BCUT2D eigenvalue weighted by Gasteiger charge is 2.31. The van der Waals surface area contributed by atoms with Gasteiger partial charge in [0.15, 0.2) is 17.1 Å². The molecule has 3 aromatic heterocycles. The van der Waals surface area contributed by atoms with E-state index >= 15 is 0 Å². The number of halogens is 8. The summed E-state index contributed by atoms with van der Waals surface area (Å²) in [6.07, 6.45) is 9.87. The fourth-order valence-corrected chi connectivity index (χ4v) is 11.8. The molecule has 388 valence electrons. The van der Waals surface area contributed by atoms with Gasteiger partial charge in [-0.15, -0.1) is 0 Å². The van der Waals surface area contributed by atoms with Gasteiger partial charge in [-0.25, -0.2) is 32.8 Å². The fraction of sp³-hybridized carbons (Fsp3) is 0.164. The Morgan fingerprint density at radius 2 is 0.895 bits per heavy atom. The summed E-state index contributed by atoms with van der Waals surface area (Å²) in [7, 11) is 0. The van der Waals surface area contributed by atoms with Crippen molar-refractivity contribution in [2.24, 2.45) is 0 Å². The highest BCUT2D eigenvalue weighted by atomic mass is 35.5. The first-order chi connectivity index (χ1) is 36.4. The third-order valence-electron chi connectivity index (χ3n) is 12.6. The normalized spacial score (nSPS) is 14.7. The third kappa shape index (κ3) is 11.9. The van der Waals surface area contributed by atoms with Crippen LogP contribution in [-0.2, 0) is 25.0 Å². The standard InChI is InChI=1S/C21H15Cl3N2O2.C20H13Cl2FN2O2S.C14H12Cl2N2O2/c22-14-6-4-12(5-7-14)10-13-2-1-3-16-19(21(27)28)25-26(20(13)16)18-9-8-15(23)11-17(18)24;21-13-3-6-17(16(22)8-13)25-19-12(7-11-1-4-14(23)5-2-11)9-28-10-15(19)18(24-25)20(26)27;15-8-5-6-12(10(16)7-8)18-11-4-2-1-3-9(11)13(17-18)14(19)20/h4-11H,1-3H2,(H,27,28);1-8H,9-10H2,(H,26,27);5-7H,1-4H2,(H,19,20)/b13-10+;12-7+;. The van der Waals surface area contributed by atoms with Crippen LogP contribution in [0.15, 0.2) is 103 Å². The molecule has 0 saturated carbocycles. The van der Waals surface area contributed by atoms with Gasteiger partial charge < -0.3 is 15.3 Å². The van der Waals surface area contributed by atoms with Crippen LogP contribution in [0.3, 0.4) is 0 Å². The zero-order valence-corrected chi connectivity index (χ0v) is 45.6. The number of carbonyl (C=O) groups is 3. The molecule has 2 aliphatic carbocycles. The first-order valence-corrected chi connectivity index (χ1v) is 27.2. The number of nitrogens with zero attached hydrogens (tertiary/aromatic N) is 6. The Kier molecular flexibility index (Phi) is 17.0. The summed E-state index contributed by atoms with van der Waals surface area (Å²) in [5.74, 6) is -2.25. The molecule has 0 amide bonds. The van der Waals surface area contributed by atoms with Crippen molar-refractivity contribution in [2.75, 3.05) is 5.75 Å². The van der Waals surface area contributed by atoms with Crippen molar-refractivity contribution in [2.45, 2.75) is 50.7 Å². The summed E-state index contributed by atoms with van der Waals surface area (Å²) < 4.78 is 18.1.